The van der Waals surface area contributed by atoms with E-state index in [9.17, 15) is 4.79 Å². The summed E-state index contributed by atoms with van der Waals surface area (Å²) in [5, 5.41) is 2.40. The second-order valence-corrected chi connectivity index (χ2v) is 1.87. The van der Waals surface area contributed by atoms with Crippen LogP contribution in [-0.2, 0) is 0 Å². The zero-order valence-electron chi connectivity index (χ0n) is 8.03. The summed E-state index contributed by atoms with van der Waals surface area (Å²) >= 11 is 0. The van der Waals surface area contributed by atoms with Crippen LogP contribution in [0.5, 0.6) is 0 Å². The van der Waals surface area contributed by atoms with Crippen LogP contribution < -0.4 is 11.1 Å². The minimum Gasteiger partial charge on any atom is -0.382 e. The summed E-state index contributed by atoms with van der Waals surface area (Å²) < 4.78 is 0. The molecule has 1 heterocycles. The maximum absolute atomic E-state index is 10.9. The van der Waals surface area contributed by atoms with Gasteiger partial charge in [-0.2, -0.15) is 0 Å². The molecule has 0 radical (unpaired) electrons. The van der Waals surface area contributed by atoms with Crippen LogP contribution in [-0.4, -0.2) is 22.9 Å². The Hall–Kier alpha value is -1.65. The molecule has 1 aromatic rings. The number of nitrogens with one attached hydrogen (secondary N) is 1. The van der Waals surface area contributed by atoms with Crippen molar-refractivity contribution in [2.75, 3.05) is 12.8 Å². The topological polar surface area (TPSA) is 80.9 Å². The summed E-state index contributed by atoms with van der Waals surface area (Å²) in [6.07, 6.45) is 2.85. The maximum atomic E-state index is 10.9. The van der Waals surface area contributed by atoms with Gasteiger partial charge in [0.15, 0.2) is 11.5 Å². The molecule has 0 saturated heterocycles. The van der Waals surface area contributed by atoms with Crippen LogP contribution >= 0.6 is 0 Å². The van der Waals surface area contributed by atoms with Crippen LogP contribution in [0.25, 0.3) is 0 Å². The van der Waals surface area contributed by atoms with Crippen molar-refractivity contribution in [3.05, 3.63) is 18.1 Å². The normalized spacial score (nSPS) is 8.23. The minimum atomic E-state index is -0.324. The highest BCUT2D eigenvalue weighted by Crippen LogP contribution is 2.00. The zero-order chi connectivity index (χ0) is 10.3. The van der Waals surface area contributed by atoms with Crippen LogP contribution in [0.1, 0.15) is 25.8 Å². The van der Waals surface area contributed by atoms with Crippen LogP contribution in [0.3, 0.4) is 0 Å². The van der Waals surface area contributed by atoms with Crippen LogP contribution in [0.4, 0.5) is 5.82 Å². The van der Waals surface area contributed by atoms with Crippen molar-refractivity contribution in [2.45, 2.75) is 13.8 Å². The van der Waals surface area contributed by atoms with Crippen molar-refractivity contribution in [3.63, 3.8) is 0 Å². The molecule has 0 unspecified atom stereocenters. The molecule has 0 aliphatic rings. The van der Waals surface area contributed by atoms with Crippen LogP contribution in [0.15, 0.2) is 12.4 Å². The van der Waals surface area contributed by atoms with E-state index in [4.69, 9.17) is 5.73 Å². The van der Waals surface area contributed by atoms with Gasteiger partial charge in [-0.1, -0.05) is 13.8 Å². The molecule has 0 aromatic carbocycles. The number of amides is 1. The molecule has 0 saturated carbocycles. The largest absolute Gasteiger partial charge is 0.382 e. The van der Waals surface area contributed by atoms with E-state index in [0.29, 0.717) is 0 Å². The number of carbonyl (C=O) groups excluding carboxylic acids is 1. The van der Waals surface area contributed by atoms with Gasteiger partial charge in [0.05, 0.1) is 0 Å². The summed E-state index contributed by atoms with van der Waals surface area (Å²) in [7, 11) is 1.51. The standard InChI is InChI=1S/C6H8N4O.C2H6.H2/c1-8-6(11)4-5(7)10-3-2-9-4;1-2;/h2-3H,1H3,(H2,7,10)(H,8,11);1-2H3;1H. The Bertz CT molecular complexity index is 280. The third-order valence-electron chi connectivity index (χ3n) is 1.17. The Kier molecular flexibility index (Phi) is 5.18. The Balaban J connectivity index is 0. The van der Waals surface area contributed by atoms with Gasteiger partial charge >= 0.3 is 0 Å². The number of nitrogens with two attached hydrogens (primary N) is 1. The van der Waals surface area contributed by atoms with Crippen LogP contribution in [0, 0.1) is 0 Å². The SMILES string of the molecule is CC.CNC(=O)c1nccnc1N.[HH]. The first-order valence-electron chi connectivity index (χ1n) is 4.04. The Morgan fingerprint density at radius 3 is 2.46 bits per heavy atom. The van der Waals surface area contributed by atoms with Gasteiger partial charge in [0.2, 0.25) is 0 Å². The van der Waals surface area contributed by atoms with Crippen molar-refractivity contribution in [1.82, 2.24) is 15.3 Å². The first-order chi connectivity index (χ1) is 6.25. The number of carbonyl (C=O) groups is 1. The van der Waals surface area contributed by atoms with Gasteiger partial charge < -0.3 is 11.1 Å². The van der Waals surface area contributed by atoms with Crippen molar-refractivity contribution >= 4 is 11.7 Å². The molecular weight excluding hydrogens is 168 g/mol. The van der Waals surface area contributed by atoms with E-state index in [1.54, 1.807) is 0 Å². The molecule has 0 bridgehead atoms. The fourth-order valence-electron chi connectivity index (χ4n) is 0.642. The summed E-state index contributed by atoms with van der Waals surface area (Å²) in [5.74, 6) is -0.178. The second-order valence-electron chi connectivity index (χ2n) is 1.87. The van der Waals surface area contributed by atoms with Gasteiger partial charge in [-0.25, -0.2) is 9.97 Å². The second kappa shape index (κ2) is 5.93. The van der Waals surface area contributed by atoms with Crippen LogP contribution in [0.2, 0.25) is 0 Å². The Labute approximate surface area is 78.9 Å². The van der Waals surface area contributed by atoms with E-state index in [1.165, 1.54) is 19.4 Å². The lowest BCUT2D eigenvalue weighted by atomic mass is 10.4. The Morgan fingerprint density at radius 1 is 1.46 bits per heavy atom. The molecular formula is C8H16N4O. The first-order valence-corrected chi connectivity index (χ1v) is 4.04. The molecule has 0 aliphatic heterocycles. The van der Waals surface area contributed by atoms with E-state index in [2.05, 4.69) is 15.3 Å². The highest BCUT2D eigenvalue weighted by molar-refractivity contribution is 5.95. The number of nitrogens with zero attached hydrogens (tertiary/aromatic N) is 2. The summed E-state index contributed by atoms with van der Waals surface area (Å²) in [6.45, 7) is 4.00. The molecule has 1 rings (SSSR count). The summed E-state index contributed by atoms with van der Waals surface area (Å²) in [5.41, 5.74) is 5.52. The third kappa shape index (κ3) is 3.06. The molecule has 5 heteroatoms. The quantitative estimate of drug-likeness (QED) is 0.672. The monoisotopic (exact) mass is 184 g/mol. The predicted octanol–water partition coefficient (Wildman–Crippen LogP) is 0.691. The zero-order valence-corrected chi connectivity index (χ0v) is 8.03. The smallest absolute Gasteiger partial charge is 0.273 e. The van der Waals surface area contributed by atoms with Gasteiger partial charge in [0.1, 0.15) is 0 Å². The highest BCUT2D eigenvalue weighted by atomic mass is 16.1. The van der Waals surface area contributed by atoms with E-state index in [1.807, 2.05) is 13.8 Å². The highest BCUT2D eigenvalue weighted by Gasteiger charge is 2.08. The maximum Gasteiger partial charge on any atom is 0.273 e. The van der Waals surface area contributed by atoms with E-state index in [-0.39, 0.29) is 18.8 Å². The van der Waals surface area contributed by atoms with Crippen molar-refractivity contribution in [3.8, 4) is 0 Å². The van der Waals surface area contributed by atoms with E-state index >= 15 is 0 Å². The van der Waals surface area contributed by atoms with Gasteiger partial charge in [0, 0.05) is 20.9 Å². The van der Waals surface area contributed by atoms with Crippen molar-refractivity contribution in [2.24, 2.45) is 0 Å². The van der Waals surface area contributed by atoms with Gasteiger partial charge in [-0.05, 0) is 0 Å². The Morgan fingerprint density at radius 2 is 2.00 bits per heavy atom. The fourth-order valence-corrected chi connectivity index (χ4v) is 0.642. The van der Waals surface area contributed by atoms with E-state index in [0.717, 1.165) is 0 Å². The molecule has 0 aliphatic carbocycles. The third-order valence-corrected chi connectivity index (χ3v) is 1.17. The predicted molar refractivity (Wildman–Crippen MR) is 53.3 cm³/mol. The van der Waals surface area contributed by atoms with Gasteiger partial charge in [-0.3, -0.25) is 4.79 Å². The average molecular weight is 184 g/mol. The number of anilines is 1. The molecule has 74 valence electrons. The fraction of sp³-hybridized carbons (Fsp3) is 0.375. The molecule has 0 atom stereocenters. The molecule has 5 nitrogen and oxygen atoms in total. The summed E-state index contributed by atoms with van der Waals surface area (Å²) in [4.78, 5) is 18.4. The average Bonchev–Trinajstić information content (AvgIpc) is 2.20. The first kappa shape index (κ1) is 11.4. The number of nitrogen functional groups attached to an aromatic ring is 1. The van der Waals surface area contributed by atoms with Crippen molar-refractivity contribution in [1.29, 1.82) is 0 Å². The number of hydrogen-bond donors (Lipinski definition) is 2. The van der Waals surface area contributed by atoms with E-state index < -0.39 is 0 Å². The number of hydrogen-bond acceptors (Lipinski definition) is 4. The molecule has 13 heavy (non-hydrogen) atoms. The number of aromatic nitrogens is 2. The lowest BCUT2D eigenvalue weighted by Gasteiger charge is -1.99. The molecule has 0 fully saturated rings. The molecule has 1 aromatic heterocycles. The van der Waals surface area contributed by atoms with Gasteiger partial charge in [0.25, 0.3) is 5.91 Å². The molecule has 1 amide bonds. The minimum absolute atomic E-state index is 0. The molecule has 0 spiro atoms. The lowest BCUT2D eigenvalue weighted by Crippen LogP contribution is -2.21. The number of rotatable bonds is 1. The van der Waals surface area contributed by atoms with Gasteiger partial charge in [-0.15, -0.1) is 0 Å². The molecule has 3 N–H and O–H groups in total. The summed E-state index contributed by atoms with van der Waals surface area (Å²) in [6, 6.07) is 0. The van der Waals surface area contributed by atoms with Crippen molar-refractivity contribution < 1.29 is 6.22 Å². The lowest BCUT2D eigenvalue weighted by molar-refractivity contribution is 0.0959.